The Morgan fingerprint density at radius 2 is 1.92 bits per heavy atom. The van der Waals surface area contributed by atoms with E-state index in [1.54, 1.807) is 6.08 Å². The summed E-state index contributed by atoms with van der Waals surface area (Å²) < 4.78 is 1.85. The van der Waals surface area contributed by atoms with Gasteiger partial charge in [-0.25, -0.2) is 10.4 Å². The van der Waals surface area contributed by atoms with Gasteiger partial charge in [-0.3, -0.25) is 4.79 Å². The van der Waals surface area contributed by atoms with Crippen LogP contribution in [0.5, 0.6) is 0 Å². The van der Waals surface area contributed by atoms with Crippen LogP contribution in [-0.2, 0) is 11.3 Å². The van der Waals surface area contributed by atoms with Gasteiger partial charge < -0.3 is 4.57 Å². The predicted octanol–water partition coefficient (Wildman–Crippen LogP) is 3.73. The van der Waals surface area contributed by atoms with E-state index in [4.69, 9.17) is 11.6 Å². The monoisotopic (exact) mass is 352 g/mol. The number of rotatable bonds is 5. The van der Waals surface area contributed by atoms with E-state index in [-0.39, 0.29) is 12.5 Å². The molecule has 2 aromatic carbocycles. The maximum Gasteiger partial charge on any atom is 0.260 e. The Kier molecular flexibility index (Phi) is 5.26. The number of amides is 1. The number of hydrogen-bond donors (Lipinski definition) is 1. The summed E-state index contributed by atoms with van der Waals surface area (Å²) in [5, 5.41) is 4.33. The zero-order valence-corrected chi connectivity index (χ0v) is 14.4. The lowest BCUT2D eigenvalue weighted by Gasteiger charge is -2.05. The third-order valence-corrected chi connectivity index (χ3v) is 3.84. The van der Waals surface area contributed by atoms with Crippen molar-refractivity contribution in [3.63, 3.8) is 0 Å². The van der Waals surface area contributed by atoms with Gasteiger partial charge >= 0.3 is 0 Å². The highest BCUT2D eigenvalue weighted by molar-refractivity contribution is 6.41. The quantitative estimate of drug-likeness (QED) is 0.562. The molecular formula is C19H17ClN4O. The van der Waals surface area contributed by atoms with Crippen LogP contribution in [-0.4, -0.2) is 21.7 Å². The molecule has 0 radical (unpaired) electrons. The molecule has 3 rings (SSSR count). The minimum absolute atomic E-state index is 0.143. The van der Waals surface area contributed by atoms with Crippen molar-refractivity contribution in [2.24, 2.45) is 5.10 Å². The van der Waals surface area contributed by atoms with Crippen LogP contribution in [0.1, 0.15) is 11.4 Å². The average molecular weight is 353 g/mol. The first kappa shape index (κ1) is 16.9. The summed E-state index contributed by atoms with van der Waals surface area (Å²) in [7, 11) is 0. The van der Waals surface area contributed by atoms with E-state index in [9.17, 15) is 4.79 Å². The average Bonchev–Trinajstić information content (AvgIpc) is 2.91. The van der Waals surface area contributed by atoms with Gasteiger partial charge in [-0.05, 0) is 30.7 Å². The summed E-state index contributed by atoms with van der Waals surface area (Å²) in [6, 6.07) is 17.3. The second kappa shape index (κ2) is 7.77. The van der Waals surface area contributed by atoms with Crippen molar-refractivity contribution in [2.75, 3.05) is 0 Å². The molecule has 0 saturated carbocycles. The van der Waals surface area contributed by atoms with Gasteiger partial charge in [0.1, 0.15) is 12.4 Å². The van der Waals surface area contributed by atoms with Gasteiger partial charge in [0.15, 0.2) is 0 Å². The maximum absolute atomic E-state index is 12.1. The third-order valence-electron chi connectivity index (χ3n) is 3.63. The number of hydrogen-bond acceptors (Lipinski definition) is 3. The van der Waals surface area contributed by atoms with Gasteiger partial charge in [-0.1, -0.05) is 54.1 Å². The van der Waals surface area contributed by atoms with Crippen LogP contribution in [0.3, 0.4) is 0 Å². The Hall–Kier alpha value is -2.92. The second-order valence-electron chi connectivity index (χ2n) is 5.47. The Morgan fingerprint density at radius 3 is 2.72 bits per heavy atom. The molecule has 0 spiro atoms. The third kappa shape index (κ3) is 4.33. The standard InChI is InChI=1S/C19H17ClN4O/c1-14-22-17-9-5-6-10-18(17)24(14)13-19(25)23-21-12-16(20)11-15-7-3-2-4-8-15/h2-12H,13H2,1H3,(H,23,25)/b16-11-,21-12+. The van der Waals surface area contributed by atoms with E-state index in [0.717, 1.165) is 22.4 Å². The molecule has 1 heterocycles. The first-order valence-electron chi connectivity index (χ1n) is 7.79. The SMILES string of the molecule is Cc1nc2ccccc2n1CC(=O)N/N=C/C(Cl)=C/c1ccccc1. The second-order valence-corrected chi connectivity index (χ2v) is 5.90. The van der Waals surface area contributed by atoms with Crippen LogP contribution in [0.15, 0.2) is 64.7 Å². The molecule has 0 aliphatic carbocycles. The summed E-state index contributed by atoms with van der Waals surface area (Å²) in [5.74, 6) is 0.536. The number of halogens is 1. The van der Waals surface area contributed by atoms with E-state index in [1.165, 1.54) is 6.21 Å². The minimum atomic E-state index is -0.244. The number of carbonyl (C=O) groups is 1. The number of carbonyl (C=O) groups excluding carboxylic acids is 1. The molecule has 1 N–H and O–H groups in total. The lowest BCUT2D eigenvalue weighted by atomic mass is 10.2. The summed E-state index contributed by atoms with van der Waals surface area (Å²) in [6.07, 6.45) is 3.18. The van der Waals surface area contributed by atoms with Crippen molar-refractivity contribution >= 4 is 40.8 Å². The number of allylic oxidation sites excluding steroid dienone is 1. The number of benzene rings is 2. The molecule has 1 amide bonds. The lowest BCUT2D eigenvalue weighted by Crippen LogP contribution is -2.23. The molecule has 0 bridgehead atoms. The summed E-state index contributed by atoms with van der Waals surface area (Å²) in [6.45, 7) is 2.01. The summed E-state index contributed by atoms with van der Waals surface area (Å²) >= 11 is 6.09. The highest BCUT2D eigenvalue weighted by Gasteiger charge is 2.09. The highest BCUT2D eigenvalue weighted by atomic mass is 35.5. The molecule has 1 aromatic heterocycles. The lowest BCUT2D eigenvalue weighted by molar-refractivity contribution is -0.121. The van der Waals surface area contributed by atoms with Crippen LogP contribution in [0, 0.1) is 6.92 Å². The molecule has 126 valence electrons. The van der Waals surface area contributed by atoms with Crippen molar-refractivity contribution in [1.29, 1.82) is 0 Å². The van der Waals surface area contributed by atoms with Crippen LogP contribution < -0.4 is 5.43 Å². The van der Waals surface area contributed by atoms with Crippen molar-refractivity contribution in [3.05, 3.63) is 71.0 Å². The van der Waals surface area contributed by atoms with Crippen LogP contribution in [0.4, 0.5) is 0 Å². The first-order valence-corrected chi connectivity index (χ1v) is 8.17. The first-order chi connectivity index (χ1) is 12.1. The number of fused-ring (bicyclic) bond motifs is 1. The molecule has 6 heteroatoms. The fraction of sp³-hybridized carbons (Fsp3) is 0.105. The van der Waals surface area contributed by atoms with E-state index >= 15 is 0 Å². The molecule has 0 aliphatic heterocycles. The number of nitrogens with zero attached hydrogens (tertiary/aromatic N) is 3. The Bertz CT molecular complexity index is 944. The van der Waals surface area contributed by atoms with Gasteiger partial charge in [-0.2, -0.15) is 5.10 Å². The maximum atomic E-state index is 12.1. The molecule has 0 atom stereocenters. The molecule has 5 nitrogen and oxygen atoms in total. The fourth-order valence-corrected chi connectivity index (χ4v) is 2.66. The number of aromatic nitrogens is 2. The normalized spacial score (nSPS) is 12.0. The number of para-hydroxylation sites is 2. The minimum Gasteiger partial charge on any atom is -0.319 e. The van der Waals surface area contributed by atoms with Gasteiger partial charge in [0.05, 0.1) is 22.3 Å². The van der Waals surface area contributed by atoms with Gasteiger partial charge in [0.2, 0.25) is 0 Å². The molecule has 3 aromatic rings. The predicted molar refractivity (Wildman–Crippen MR) is 101 cm³/mol. The van der Waals surface area contributed by atoms with Crippen LogP contribution in [0.2, 0.25) is 0 Å². The van der Waals surface area contributed by atoms with Crippen molar-refractivity contribution in [3.8, 4) is 0 Å². The van der Waals surface area contributed by atoms with Crippen LogP contribution in [0.25, 0.3) is 17.1 Å². The molecule has 25 heavy (non-hydrogen) atoms. The number of nitrogens with one attached hydrogen (secondary N) is 1. The molecule has 0 unspecified atom stereocenters. The van der Waals surface area contributed by atoms with E-state index in [1.807, 2.05) is 66.1 Å². The molecular weight excluding hydrogens is 336 g/mol. The Balaban J connectivity index is 1.63. The van der Waals surface area contributed by atoms with E-state index in [2.05, 4.69) is 15.5 Å². The van der Waals surface area contributed by atoms with Gasteiger partial charge in [0.25, 0.3) is 5.91 Å². The Morgan fingerprint density at radius 1 is 1.20 bits per heavy atom. The van der Waals surface area contributed by atoms with Crippen molar-refractivity contribution in [1.82, 2.24) is 15.0 Å². The van der Waals surface area contributed by atoms with Gasteiger partial charge in [0, 0.05) is 0 Å². The van der Waals surface area contributed by atoms with Crippen molar-refractivity contribution < 1.29 is 4.79 Å². The summed E-state index contributed by atoms with van der Waals surface area (Å²) in [5.41, 5.74) is 5.23. The number of aryl methyl sites for hydroxylation is 1. The highest BCUT2D eigenvalue weighted by Crippen LogP contribution is 2.15. The topological polar surface area (TPSA) is 59.3 Å². The summed E-state index contributed by atoms with van der Waals surface area (Å²) in [4.78, 5) is 16.5. The molecule has 0 aliphatic rings. The van der Waals surface area contributed by atoms with Crippen molar-refractivity contribution in [2.45, 2.75) is 13.5 Å². The zero-order chi connectivity index (χ0) is 17.6. The van der Waals surface area contributed by atoms with Gasteiger partial charge in [-0.15, -0.1) is 0 Å². The van der Waals surface area contributed by atoms with E-state index < -0.39 is 0 Å². The number of hydrazone groups is 1. The molecule has 0 fully saturated rings. The zero-order valence-electron chi connectivity index (χ0n) is 13.7. The Labute approximate surface area is 150 Å². The number of imidazole rings is 1. The van der Waals surface area contributed by atoms with E-state index in [0.29, 0.717) is 5.03 Å². The fourth-order valence-electron chi connectivity index (χ4n) is 2.49. The largest absolute Gasteiger partial charge is 0.319 e. The molecule has 0 saturated heterocycles. The smallest absolute Gasteiger partial charge is 0.260 e. The van der Waals surface area contributed by atoms with Crippen LogP contribution >= 0.6 is 11.6 Å².